The number of aromatic nitrogens is 2. The first kappa shape index (κ1) is 16.4. The molecule has 1 aromatic heterocycles. The van der Waals surface area contributed by atoms with E-state index in [-0.39, 0.29) is 10.4 Å². The van der Waals surface area contributed by atoms with E-state index in [4.69, 9.17) is 5.73 Å². The lowest BCUT2D eigenvalue weighted by Crippen LogP contribution is -2.50. The van der Waals surface area contributed by atoms with Gasteiger partial charge in [0, 0.05) is 24.8 Å². The van der Waals surface area contributed by atoms with Gasteiger partial charge in [-0.15, -0.1) is 0 Å². The lowest BCUT2D eigenvalue weighted by molar-refractivity contribution is 0.162. The molecule has 0 radical (unpaired) electrons. The number of likely N-dealkylation sites (N-methyl/N-ethyl adjacent to an activating group) is 1. The van der Waals surface area contributed by atoms with E-state index in [1.807, 2.05) is 14.1 Å². The molecule has 1 saturated carbocycles. The zero-order valence-electron chi connectivity index (χ0n) is 12.7. The lowest BCUT2D eigenvalue weighted by Gasteiger charge is -2.36. The number of nitrogens with two attached hydrogens (primary N) is 1. The van der Waals surface area contributed by atoms with Crippen molar-refractivity contribution in [1.29, 1.82) is 0 Å². The van der Waals surface area contributed by atoms with Crippen LogP contribution in [0.5, 0.6) is 0 Å². The SMILES string of the molecule is CN(C)C1(CNS(=O)(=O)c2cnn(CCN)c2)CCCC1. The molecular weight excluding hydrogens is 290 g/mol. The van der Waals surface area contributed by atoms with Crippen molar-refractivity contribution < 1.29 is 8.42 Å². The lowest BCUT2D eigenvalue weighted by atomic mass is 9.97. The number of nitrogens with one attached hydrogen (secondary N) is 1. The Labute approximate surface area is 126 Å². The van der Waals surface area contributed by atoms with E-state index in [2.05, 4.69) is 14.7 Å². The van der Waals surface area contributed by atoms with Crippen molar-refractivity contribution in [3.05, 3.63) is 12.4 Å². The smallest absolute Gasteiger partial charge is 0.243 e. The molecule has 2 rings (SSSR count). The van der Waals surface area contributed by atoms with Crippen LogP contribution in [0.1, 0.15) is 25.7 Å². The van der Waals surface area contributed by atoms with E-state index >= 15 is 0 Å². The highest BCUT2D eigenvalue weighted by Crippen LogP contribution is 2.33. The Morgan fingerprint density at radius 2 is 2.10 bits per heavy atom. The number of nitrogens with zero attached hydrogens (tertiary/aromatic N) is 3. The van der Waals surface area contributed by atoms with E-state index in [0.29, 0.717) is 19.6 Å². The second-order valence-corrected chi connectivity index (χ2v) is 7.65. The number of sulfonamides is 1. The maximum Gasteiger partial charge on any atom is 0.243 e. The maximum atomic E-state index is 12.4. The first-order valence-corrected chi connectivity index (χ1v) is 8.78. The molecule has 8 heteroatoms. The third kappa shape index (κ3) is 3.63. The van der Waals surface area contributed by atoms with Gasteiger partial charge < -0.3 is 10.6 Å². The van der Waals surface area contributed by atoms with Crippen molar-refractivity contribution in [3.63, 3.8) is 0 Å². The summed E-state index contributed by atoms with van der Waals surface area (Å²) in [6.07, 6.45) is 7.23. The highest BCUT2D eigenvalue weighted by Gasteiger charge is 2.37. The molecule has 1 heterocycles. The highest BCUT2D eigenvalue weighted by molar-refractivity contribution is 7.89. The van der Waals surface area contributed by atoms with Gasteiger partial charge in [-0.05, 0) is 26.9 Å². The molecule has 3 N–H and O–H groups in total. The Morgan fingerprint density at radius 3 is 2.67 bits per heavy atom. The summed E-state index contributed by atoms with van der Waals surface area (Å²) in [4.78, 5) is 2.34. The molecule has 0 saturated heterocycles. The van der Waals surface area contributed by atoms with Gasteiger partial charge >= 0.3 is 0 Å². The van der Waals surface area contributed by atoms with E-state index in [9.17, 15) is 8.42 Å². The molecule has 1 fully saturated rings. The summed E-state index contributed by atoms with van der Waals surface area (Å²) in [5, 5.41) is 4.01. The van der Waals surface area contributed by atoms with Gasteiger partial charge in [0.05, 0.1) is 12.7 Å². The molecule has 0 aromatic carbocycles. The van der Waals surface area contributed by atoms with Gasteiger partial charge in [-0.1, -0.05) is 12.8 Å². The molecule has 0 amide bonds. The van der Waals surface area contributed by atoms with Crippen molar-refractivity contribution in [2.45, 2.75) is 42.7 Å². The van der Waals surface area contributed by atoms with Gasteiger partial charge in [-0.3, -0.25) is 4.68 Å². The third-order valence-electron chi connectivity index (χ3n) is 4.35. The summed E-state index contributed by atoms with van der Waals surface area (Å²) in [5.41, 5.74) is 5.37. The Bertz CT molecular complexity index is 561. The van der Waals surface area contributed by atoms with E-state index in [1.165, 1.54) is 12.4 Å². The predicted molar refractivity (Wildman–Crippen MR) is 81.4 cm³/mol. The molecule has 21 heavy (non-hydrogen) atoms. The Hall–Kier alpha value is -0.960. The molecule has 0 aliphatic heterocycles. The second kappa shape index (κ2) is 6.43. The second-order valence-electron chi connectivity index (χ2n) is 5.88. The molecule has 1 aliphatic carbocycles. The summed E-state index contributed by atoms with van der Waals surface area (Å²) in [6.45, 7) is 1.37. The van der Waals surface area contributed by atoms with Crippen LogP contribution in [0.25, 0.3) is 0 Å². The molecule has 0 bridgehead atoms. The van der Waals surface area contributed by atoms with Crippen LogP contribution in [-0.4, -0.2) is 55.8 Å². The topological polar surface area (TPSA) is 93.2 Å². The Kier molecular flexibility index (Phi) is 5.03. The molecule has 0 spiro atoms. The average Bonchev–Trinajstić information content (AvgIpc) is 3.07. The zero-order valence-corrected chi connectivity index (χ0v) is 13.6. The van der Waals surface area contributed by atoms with Crippen LogP contribution in [0.4, 0.5) is 0 Å². The van der Waals surface area contributed by atoms with Crippen molar-refractivity contribution in [3.8, 4) is 0 Å². The summed E-state index contributed by atoms with van der Waals surface area (Å²) in [5.74, 6) is 0. The zero-order chi connectivity index (χ0) is 15.5. The van der Waals surface area contributed by atoms with Crippen molar-refractivity contribution in [2.24, 2.45) is 5.73 Å². The van der Waals surface area contributed by atoms with E-state index in [1.54, 1.807) is 4.68 Å². The first-order valence-electron chi connectivity index (χ1n) is 7.29. The van der Waals surface area contributed by atoms with Crippen LogP contribution in [-0.2, 0) is 16.6 Å². The molecule has 0 unspecified atom stereocenters. The fraction of sp³-hybridized carbons (Fsp3) is 0.769. The van der Waals surface area contributed by atoms with Gasteiger partial charge in [0.25, 0.3) is 0 Å². The maximum absolute atomic E-state index is 12.4. The first-order chi connectivity index (χ1) is 9.89. The van der Waals surface area contributed by atoms with Crippen molar-refractivity contribution in [2.75, 3.05) is 27.2 Å². The fourth-order valence-corrected chi connectivity index (χ4v) is 3.94. The van der Waals surface area contributed by atoms with Crippen molar-refractivity contribution in [1.82, 2.24) is 19.4 Å². The summed E-state index contributed by atoms with van der Waals surface area (Å²) in [7, 11) is 0.508. The molecular formula is C13H25N5O2S. The number of hydrogen-bond acceptors (Lipinski definition) is 5. The normalized spacial score (nSPS) is 18.5. The highest BCUT2D eigenvalue weighted by atomic mass is 32.2. The predicted octanol–water partition coefficient (Wildman–Crippen LogP) is -0.00550. The van der Waals surface area contributed by atoms with Crippen LogP contribution >= 0.6 is 0 Å². The van der Waals surface area contributed by atoms with Crippen molar-refractivity contribution >= 4 is 10.0 Å². The minimum Gasteiger partial charge on any atom is -0.329 e. The van der Waals surface area contributed by atoms with Crippen LogP contribution in [0.15, 0.2) is 17.3 Å². The van der Waals surface area contributed by atoms with Gasteiger partial charge in [0.15, 0.2) is 0 Å². The van der Waals surface area contributed by atoms with E-state index < -0.39 is 10.0 Å². The van der Waals surface area contributed by atoms with Crippen LogP contribution in [0.2, 0.25) is 0 Å². The van der Waals surface area contributed by atoms with E-state index in [0.717, 1.165) is 25.7 Å². The van der Waals surface area contributed by atoms with Gasteiger partial charge in [0.2, 0.25) is 10.0 Å². The summed E-state index contributed by atoms with van der Waals surface area (Å²) < 4.78 is 29.0. The van der Waals surface area contributed by atoms with Crippen LogP contribution in [0.3, 0.4) is 0 Å². The molecule has 1 aromatic rings. The fourth-order valence-electron chi connectivity index (χ4n) is 2.87. The molecule has 120 valence electrons. The third-order valence-corrected chi connectivity index (χ3v) is 5.71. The minimum atomic E-state index is -3.52. The van der Waals surface area contributed by atoms with Gasteiger partial charge in [-0.2, -0.15) is 5.10 Å². The van der Waals surface area contributed by atoms with Gasteiger partial charge in [0.1, 0.15) is 4.90 Å². The van der Waals surface area contributed by atoms with Crippen LogP contribution < -0.4 is 10.5 Å². The van der Waals surface area contributed by atoms with Gasteiger partial charge in [-0.25, -0.2) is 13.1 Å². The monoisotopic (exact) mass is 315 g/mol. The molecule has 1 aliphatic rings. The molecule has 7 nitrogen and oxygen atoms in total. The Balaban J connectivity index is 2.06. The largest absolute Gasteiger partial charge is 0.329 e. The minimum absolute atomic E-state index is 0.0691. The average molecular weight is 315 g/mol. The standard InChI is InChI=1S/C13H25N5O2S/c1-17(2)13(5-3-4-6-13)11-16-21(19,20)12-9-15-18(10-12)8-7-14/h9-10,16H,3-8,11,14H2,1-2H3. The summed E-state index contributed by atoms with van der Waals surface area (Å²) >= 11 is 0. The quantitative estimate of drug-likeness (QED) is 0.738. The number of hydrogen-bond donors (Lipinski definition) is 2. The van der Waals surface area contributed by atoms with Crippen LogP contribution in [0, 0.1) is 0 Å². The molecule has 0 atom stereocenters. The summed E-state index contributed by atoms with van der Waals surface area (Å²) in [6, 6.07) is 0. The Morgan fingerprint density at radius 1 is 1.43 bits per heavy atom. The number of rotatable bonds is 7.